The summed E-state index contributed by atoms with van der Waals surface area (Å²) in [5.41, 5.74) is 6.68. The fourth-order valence-electron chi connectivity index (χ4n) is 1.50. The van der Waals surface area contributed by atoms with Crippen LogP contribution in [0, 0.1) is 0 Å². The summed E-state index contributed by atoms with van der Waals surface area (Å²) in [5, 5.41) is 0. The van der Waals surface area contributed by atoms with Gasteiger partial charge < -0.3 is 5.73 Å². The summed E-state index contributed by atoms with van der Waals surface area (Å²) in [5.74, 6) is 0.193. The Balaban J connectivity index is 2.79. The van der Waals surface area contributed by atoms with Crippen molar-refractivity contribution < 1.29 is 8.42 Å². The Bertz CT molecular complexity index is 352. The van der Waals surface area contributed by atoms with E-state index in [1.54, 1.807) is 13.0 Å². The second-order valence-electron chi connectivity index (χ2n) is 3.40. The molecule has 0 saturated carbocycles. The summed E-state index contributed by atoms with van der Waals surface area (Å²) in [6.45, 7) is 2.31. The lowest BCUT2D eigenvalue weighted by atomic mass is 10.0. The molecule has 0 aromatic carbocycles. The molecular weight excluding hydrogens is 198 g/mol. The van der Waals surface area contributed by atoms with Crippen LogP contribution in [0.4, 0.5) is 0 Å². The topological polar surface area (TPSA) is 60.2 Å². The molecule has 0 atom stereocenters. The molecule has 1 aliphatic carbocycles. The second kappa shape index (κ2) is 4.75. The predicted molar refractivity (Wildman–Crippen MR) is 58.5 cm³/mol. The fraction of sp³-hybridized carbons (Fsp3) is 0.600. The monoisotopic (exact) mass is 215 g/mol. The molecular formula is C10H17NO2S. The van der Waals surface area contributed by atoms with Gasteiger partial charge in [0.15, 0.2) is 9.84 Å². The fourth-order valence-corrected chi connectivity index (χ4v) is 2.56. The van der Waals surface area contributed by atoms with Crippen LogP contribution in [0.1, 0.15) is 26.2 Å². The Morgan fingerprint density at radius 1 is 1.36 bits per heavy atom. The highest BCUT2D eigenvalue weighted by Gasteiger charge is 2.17. The Labute approximate surface area is 85.6 Å². The van der Waals surface area contributed by atoms with Gasteiger partial charge in [0.1, 0.15) is 0 Å². The molecule has 0 amide bonds. The molecule has 0 spiro atoms. The van der Waals surface area contributed by atoms with E-state index in [-0.39, 0.29) is 5.75 Å². The van der Waals surface area contributed by atoms with Crippen molar-refractivity contribution in [2.45, 2.75) is 26.2 Å². The van der Waals surface area contributed by atoms with E-state index < -0.39 is 9.84 Å². The van der Waals surface area contributed by atoms with Crippen LogP contribution in [-0.4, -0.2) is 20.7 Å². The van der Waals surface area contributed by atoms with E-state index >= 15 is 0 Å². The maximum absolute atomic E-state index is 11.5. The highest BCUT2D eigenvalue weighted by molar-refractivity contribution is 7.95. The SMILES string of the molecule is CCS(=O)(=O)C1=CC=C(CCN)CC1. The van der Waals surface area contributed by atoms with Crippen LogP contribution < -0.4 is 5.73 Å². The predicted octanol–water partition coefficient (Wildman–Crippen LogP) is 1.37. The van der Waals surface area contributed by atoms with Gasteiger partial charge in [-0.05, 0) is 31.9 Å². The number of hydrogen-bond acceptors (Lipinski definition) is 3. The first kappa shape index (κ1) is 11.5. The third-order valence-corrected chi connectivity index (χ3v) is 4.34. The van der Waals surface area contributed by atoms with Crippen molar-refractivity contribution >= 4 is 9.84 Å². The van der Waals surface area contributed by atoms with Crippen molar-refractivity contribution in [3.05, 3.63) is 22.6 Å². The molecule has 0 unspecified atom stereocenters. The lowest BCUT2D eigenvalue weighted by Gasteiger charge is -2.13. The average molecular weight is 215 g/mol. The molecule has 1 aliphatic rings. The molecule has 3 nitrogen and oxygen atoms in total. The summed E-state index contributed by atoms with van der Waals surface area (Å²) in [7, 11) is -2.97. The van der Waals surface area contributed by atoms with Crippen molar-refractivity contribution in [1.82, 2.24) is 0 Å². The van der Waals surface area contributed by atoms with E-state index in [1.165, 1.54) is 5.57 Å². The number of hydrogen-bond donors (Lipinski definition) is 1. The third kappa shape index (κ3) is 2.69. The van der Waals surface area contributed by atoms with Gasteiger partial charge in [0.25, 0.3) is 0 Å². The first-order chi connectivity index (χ1) is 6.60. The highest BCUT2D eigenvalue weighted by Crippen LogP contribution is 2.24. The van der Waals surface area contributed by atoms with Gasteiger partial charge >= 0.3 is 0 Å². The highest BCUT2D eigenvalue weighted by atomic mass is 32.2. The van der Waals surface area contributed by atoms with E-state index in [4.69, 9.17) is 5.73 Å². The molecule has 0 heterocycles. The van der Waals surface area contributed by atoms with E-state index in [1.807, 2.05) is 6.08 Å². The van der Waals surface area contributed by atoms with Gasteiger partial charge in [0.2, 0.25) is 0 Å². The van der Waals surface area contributed by atoms with Crippen molar-refractivity contribution in [3.8, 4) is 0 Å². The van der Waals surface area contributed by atoms with Gasteiger partial charge in [-0.15, -0.1) is 0 Å². The molecule has 1 rings (SSSR count). The zero-order chi connectivity index (χ0) is 10.6. The lowest BCUT2D eigenvalue weighted by molar-refractivity contribution is 0.600. The van der Waals surface area contributed by atoms with E-state index in [9.17, 15) is 8.42 Å². The molecule has 0 aromatic rings. The second-order valence-corrected chi connectivity index (χ2v) is 5.73. The maximum Gasteiger partial charge on any atom is 0.174 e. The normalized spacial score (nSPS) is 17.6. The van der Waals surface area contributed by atoms with E-state index in [0.717, 1.165) is 12.8 Å². The van der Waals surface area contributed by atoms with Crippen LogP contribution in [-0.2, 0) is 9.84 Å². The lowest BCUT2D eigenvalue weighted by Crippen LogP contribution is -2.10. The van der Waals surface area contributed by atoms with Crippen LogP contribution >= 0.6 is 0 Å². The van der Waals surface area contributed by atoms with E-state index in [2.05, 4.69) is 0 Å². The van der Waals surface area contributed by atoms with Crippen LogP contribution in [0.2, 0.25) is 0 Å². The molecule has 0 bridgehead atoms. The summed E-state index contributed by atoms with van der Waals surface area (Å²) >= 11 is 0. The van der Waals surface area contributed by atoms with Crippen LogP contribution in [0.5, 0.6) is 0 Å². The molecule has 4 heteroatoms. The zero-order valence-corrected chi connectivity index (χ0v) is 9.31. The van der Waals surface area contributed by atoms with Gasteiger partial charge in [0.05, 0.1) is 5.75 Å². The minimum absolute atomic E-state index is 0.193. The molecule has 0 saturated heterocycles. The summed E-state index contributed by atoms with van der Waals surface area (Å²) in [4.78, 5) is 0.570. The van der Waals surface area contributed by atoms with Crippen molar-refractivity contribution in [2.24, 2.45) is 5.73 Å². The first-order valence-corrected chi connectivity index (χ1v) is 6.57. The molecule has 0 aromatic heterocycles. The molecule has 80 valence electrons. The van der Waals surface area contributed by atoms with Gasteiger partial charge in [-0.3, -0.25) is 0 Å². The average Bonchev–Trinajstić information content (AvgIpc) is 2.19. The summed E-state index contributed by atoms with van der Waals surface area (Å²) in [6.07, 6.45) is 5.98. The van der Waals surface area contributed by atoms with Gasteiger partial charge in [-0.2, -0.15) is 0 Å². The van der Waals surface area contributed by atoms with Crippen LogP contribution in [0.3, 0.4) is 0 Å². The number of nitrogens with two attached hydrogens (primary N) is 1. The van der Waals surface area contributed by atoms with Gasteiger partial charge in [-0.1, -0.05) is 18.6 Å². The van der Waals surface area contributed by atoms with Gasteiger partial charge in [0, 0.05) is 4.91 Å². The Morgan fingerprint density at radius 2 is 2.07 bits per heavy atom. The molecule has 0 radical (unpaired) electrons. The smallest absolute Gasteiger partial charge is 0.174 e. The largest absolute Gasteiger partial charge is 0.330 e. The molecule has 0 fully saturated rings. The number of rotatable bonds is 4. The first-order valence-electron chi connectivity index (χ1n) is 4.91. The minimum Gasteiger partial charge on any atom is -0.330 e. The minimum atomic E-state index is -2.97. The molecule has 0 aliphatic heterocycles. The maximum atomic E-state index is 11.5. The molecule has 14 heavy (non-hydrogen) atoms. The van der Waals surface area contributed by atoms with E-state index in [0.29, 0.717) is 17.9 Å². The number of allylic oxidation sites excluding steroid dienone is 3. The quantitative estimate of drug-likeness (QED) is 0.770. The summed E-state index contributed by atoms with van der Waals surface area (Å²) in [6, 6.07) is 0. The zero-order valence-electron chi connectivity index (χ0n) is 8.49. The van der Waals surface area contributed by atoms with Crippen molar-refractivity contribution in [1.29, 1.82) is 0 Å². The van der Waals surface area contributed by atoms with Gasteiger partial charge in [-0.25, -0.2) is 8.42 Å². The molecule has 2 N–H and O–H groups in total. The van der Waals surface area contributed by atoms with Crippen LogP contribution in [0.15, 0.2) is 22.6 Å². The number of sulfone groups is 1. The van der Waals surface area contributed by atoms with Crippen LogP contribution in [0.25, 0.3) is 0 Å². The third-order valence-electron chi connectivity index (χ3n) is 2.44. The Kier molecular flexibility index (Phi) is 3.89. The van der Waals surface area contributed by atoms with Crippen molar-refractivity contribution in [2.75, 3.05) is 12.3 Å². The van der Waals surface area contributed by atoms with Crippen molar-refractivity contribution in [3.63, 3.8) is 0 Å². The summed E-state index contributed by atoms with van der Waals surface area (Å²) < 4.78 is 23.0. The Morgan fingerprint density at radius 3 is 2.50 bits per heavy atom. The standard InChI is InChI=1S/C10H17NO2S/c1-2-14(12,13)10-5-3-9(4-6-10)7-8-11/h3,5H,2,4,6-8,11H2,1H3. The Hall–Kier alpha value is -0.610.